The molecule has 2 aromatic rings. The summed E-state index contributed by atoms with van der Waals surface area (Å²) in [6.07, 6.45) is 0.158. The fourth-order valence-corrected chi connectivity index (χ4v) is 2.97. The zero-order valence-corrected chi connectivity index (χ0v) is 13.8. The second kappa shape index (κ2) is 6.74. The molecule has 24 heavy (non-hydrogen) atoms. The van der Waals surface area contributed by atoms with Gasteiger partial charge in [-0.15, -0.1) is 0 Å². The van der Waals surface area contributed by atoms with Crippen molar-refractivity contribution in [3.05, 3.63) is 53.6 Å². The number of carbonyl (C=O) groups is 2. The third kappa shape index (κ3) is 3.25. The summed E-state index contributed by atoms with van der Waals surface area (Å²) >= 11 is 0. The second-order valence-electron chi connectivity index (χ2n) is 5.96. The number of nitrogens with one attached hydrogen (secondary N) is 3. The Morgan fingerprint density at radius 2 is 2.00 bits per heavy atom. The monoisotopic (exact) mass is 323 g/mol. The van der Waals surface area contributed by atoms with Gasteiger partial charge in [-0.25, -0.2) is 0 Å². The summed E-state index contributed by atoms with van der Waals surface area (Å²) < 4.78 is 0. The first kappa shape index (κ1) is 16.1. The summed E-state index contributed by atoms with van der Waals surface area (Å²) in [5.74, 6) is -0.782. The highest BCUT2D eigenvalue weighted by atomic mass is 16.2. The van der Waals surface area contributed by atoms with E-state index >= 15 is 0 Å². The summed E-state index contributed by atoms with van der Waals surface area (Å²) in [4.78, 5) is 24.7. The lowest BCUT2D eigenvalue weighted by atomic mass is 9.89. The van der Waals surface area contributed by atoms with Crippen molar-refractivity contribution in [3.63, 3.8) is 0 Å². The van der Waals surface area contributed by atoms with E-state index in [1.54, 1.807) is 0 Å². The molecule has 0 radical (unpaired) electrons. The molecule has 1 aliphatic rings. The molecule has 0 saturated heterocycles. The van der Waals surface area contributed by atoms with E-state index in [4.69, 9.17) is 0 Å². The quantitative estimate of drug-likeness (QED) is 0.806. The molecule has 5 heteroatoms. The van der Waals surface area contributed by atoms with Gasteiger partial charge in [-0.1, -0.05) is 24.3 Å². The summed E-state index contributed by atoms with van der Waals surface area (Å²) in [6.45, 7) is 4.78. The van der Waals surface area contributed by atoms with Gasteiger partial charge < -0.3 is 16.0 Å². The van der Waals surface area contributed by atoms with Gasteiger partial charge in [0.25, 0.3) is 0 Å². The SMILES string of the molecule is CCNc1cc(C)ccc1NC(=O)C1CC(=O)Nc2ccccc21. The van der Waals surface area contributed by atoms with Crippen LogP contribution in [0.1, 0.15) is 30.4 Å². The average Bonchev–Trinajstić information content (AvgIpc) is 2.56. The van der Waals surface area contributed by atoms with Crippen molar-refractivity contribution in [2.75, 3.05) is 22.5 Å². The van der Waals surface area contributed by atoms with E-state index in [0.717, 1.165) is 29.0 Å². The minimum atomic E-state index is -0.481. The maximum Gasteiger partial charge on any atom is 0.232 e. The van der Waals surface area contributed by atoms with Crippen molar-refractivity contribution in [1.82, 2.24) is 0 Å². The Bertz CT molecular complexity index is 786. The normalized spacial score (nSPS) is 16.1. The lowest BCUT2D eigenvalue weighted by Crippen LogP contribution is -2.30. The summed E-state index contributed by atoms with van der Waals surface area (Å²) in [5, 5.41) is 9.05. The number of aryl methyl sites for hydroxylation is 1. The van der Waals surface area contributed by atoms with Crippen LogP contribution >= 0.6 is 0 Å². The molecule has 0 aliphatic carbocycles. The lowest BCUT2D eigenvalue weighted by molar-refractivity contribution is -0.123. The number of rotatable bonds is 4. The number of hydrogen-bond donors (Lipinski definition) is 3. The van der Waals surface area contributed by atoms with E-state index < -0.39 is 5.92 Å². The van der Waals surface area contributed by atoms with Gasteiger partial charge in [-0.2, -0.15) is 0 Å². The van der Waals surface area contributed by atoms with Crippen LogP contribution in [0.2, 0.25) is 0 Å². The zero-order chi connectivity index (χ0) is 17.1. The molecule has 3 rings (SSSR count). The summed E-state index contributed by atoms with van der Waals surface area (Å²) in [7, 11) is 0. The van der Waals surface area contributed by atoms with Gasteiger partial charge in [0.1, 0.15) is 0 Å². The van der Waals surface area contributed by atoms with E-state index in [-0.39, 0.29) is 18.2 Å². The van der Waals surface area contributed by atoms with Crippen molar-refractivity contribution in [1.29, 1.82) is 0 Å². The van der Waals surface area contributed by atoms with E-state index in [2.05, 4.69) is 16.0 Å². The highest BCUT2D eigenvalue weighted by Gasteiger charge is 2.30. The zero-order valence-electron chi connectivity index (χ0n) is 13.8. The minimum absolute atomic E-state index is 0.135. The Kier molecular flexibility index (Phi) is 4.51. The summed E-state index contributed by atoms with van der Waals surface area (Å²) in [5.41, 5.74) is 4.30. The number of carbonyl (C=O) groups excluding carboxylic acids is 2. The van der Waals surface area contributed by atoms with Crippen LogP contribution in [0.4, 0.5) is 17.1 Å². The molecule has 5 nitrogen and oxygen atoms in total. The van der Waals surface area contributed by atoms with E-state index in [1.165, 1.54) is 0 Å². The fourth-order valence-electron chi connectivity index (χ4n) is 2.97. The number of hydrogen-bond acceptors (Lipinski definition) is 3. The first-order valence-corrected chi connectivity index (χ1v) is 8.12. The Morgan fingerprint density at radius 1 is 1.21 bits per heavy atom. The lowest BCUT2D eigenvalue weighted by Gasteiger charge is -2.25. The molecule has 124 valence electrons. The number of amides is 2. The van der Waals surface area contributed by atoms with Gasteiger partial charge in [0, 0.05) is 18.7 Å². The Morgan fingerprint density at radius 3 is 2.79 bits per heavy atom. The fraction of sp³-hybridized carbons (Fsp3) is 0.263. The molecule has 0 aromatic heterocycles. The van der Waals surface area contributed by atoms with Crippen LogP contribution in [0.5, 0.6) is 0 Å². The predicted octanol–water partition coefficient (Wildman–Crippen LogP) is 3.49. The van der Waals surface area contributed by atoms with E-state index in [1.807, 2.05) is 56.3 Å². The number of fused-ring (bicyclic) bond motifs is 1. The molecule has 0 fully saturated rings. The van der Waals surface area contributed by atoms with Gasteiger partial charge in [-0.3, -0.25) is 9.59 Å². The van der Waals surface area contributed by atoms with Crippen molar-refractivity contribution >= 4 is 28.9 Å². The molecule has 0 saturated carbocycles. The standard InChI is InChI=1S/C19H21N3O2/c1-3-20-17-10-12(2)8-9-16(17)22-19(24)14-11-18(23)21-15-7-5-4-6-13(14)15/h4-10,14,20H,3,11H2,1-2H3,(H,21,23)(H,22,24). The number of benzene rings is 2. The molecule has 1 heterocycles. The van der Waals surface area contributed by atoms with Gasteiger partial charge >= 0.3 is 0 Å². The Hall–Kier alpha value is -2.82. The van der Waals surface area contributed by atoms with Gasteiger partial charge in [-0.05, 0) is 43.2 Å². The average molecular weight is 323 g/mol. The molecule has 2 aromatic carbocycles. The van der Waals surface area contributed by atoms with Crippen LogP contribution in [-0.2, 0) is 9.59 Å². The van der Waals surface area contributed by atoms with E-state index in [0.29, 0.717) is 5.69 Å². The van der Waals surface area contributed by atoms with Crippen molar-refractivity contribution in [3.8, 4) is 0 Å². The highest BCUT2D eigenvalue weighted by Crippen LogP contribution is 2.33. The summed E-state index contributed by atoms with van der Waals surface area (Å²) in [6, 6.07) is 13.3. The number of anilines is 3. The topological polar surface area (TPSA) is 70.2 Å². The third-order valence-corrected chi connectivity index (χ3v) is 4.12. The highest BCUT2D eigenvalue weighted by molar-refractivity contribution is 6.06. The largest absolute Gasteiger partial charge is 0.384 e. The molecular weight excluding hydrogens is 302 g/mol. The van der Waals surface area contributed by atoms with Crippen molar-refractivity contribution in [2.45, 2.75) is 26.2 Å². The van der Waals surface area contributed by atoms with Crippen LogP contribution in [0.3, 0.4) is 0 Å². The van der Waals surface area contributed by atoms with Crippen LogP contribution in [0, 0.1) is 6.92 Å². The first-order valence-electron chi connectivity index (χ1n) is 8.12. The Balaban J connectivity index is 1.87. The third-order valence-electron chi connectivity index (χ3n) is 4.12. The van der Waals surface area contributed by atoms with Crippen molar-refractivity contribution in [2.24, 2.45) is 0 Å². The maximum atomic E-state index is 12.8. The molecule has 1 unspecified atom stereocenters. The first-order chi connectivity index (χ1) is 11.6. The maximum absolute atomic E-state index is 12.8. The minimum Gasteiger partial charge on any atom is -0.384 e. The van der Waals surface area contributed by atoms with E-state index in [9.17, 15) is 9.59 Å². The number of para-hydroxylation sites is 1. The molecule has 3 N–H and O–H groups in total. The van der Waals surface area contributed by atoms with Gasteiger partial charge in [0.2, 0.25) is 11.8 Å². The van der Waals surface area contributed by atoms with Gasteiger partial charge in [0.05, 0.1) is 17.3 Å². The molecule has 2 amide bonds. The Labute approximate surface area is 141 Å². The molecule has 0 bridgehead atoms. The second-order valence-corrected chi connectivity index (χ2v) is 5.96. The predicted molar refractivity (Wildman–Crippen MR) is 96.4 cm³/mol. The molecular formula is C19H21N3O2. The van der Waals surface area contributed by atoms with Crippen LogP contribution in [0.15, 0.2) is 42.5 Å². The molecule has 0 spiro atoms. The van der Waals surface area contributed by atoms with Crippen molar-refractivity contribution < 1.29 is 9.59 Å². The smallest absolute Gasteiger partial charge is 0.232 e. The van der Waals surface area contributed by atoms with Crippen LogP contribution in [0.25, 0.3) is 0 Å². The molecule has 1 aliphatic heterocycles. The van der Waals surface area contributed by atoms with Crippen LogP contribution in [-0.4, -0.2) is 18.4 Å². The molecule has 1 atom stereocenters. The van der Waals surface area contributed by atoms with Crippen LogP contribution < -0.4 is 16.0 Å². The van der Waals surface area contributed by atoms with Gasteiger partial charge in [0.15, 0.2) is 0 Å².